The van der Waals surface area contributed by atoms with Gasteiger partial charge in [-0.05, 0) is 25.1 Å². The van der Waals surface area contributed by atoms with Crippen LogP contribution in [0, 0.1) is 12.7 Å². The van der Waals surface area contributed by atoms with Crippen molar-refractivity contribution in [2.75, 3.05) is 5.75 Å². The van der Waals surface area contributed by atoms with Gasteiger partial charge >= 0.3 is 0 Å². The average molecular weight is 318 g/mol. The fourth-order valence-electron chi connectivity index (χ4n) is 1.86. The molecule has 0 fully saturated rings. The molecule has 0 bridgehead atoms. The highest BCUT2D eigenvalue weighted by Gasteiger charge is 2.15. The van der Waals surface area contributed by atoms with Gasteiger partial charge in [-0.3, -0.25) is 4.79 Å². The summed E-state index contributed by atoms with van der Waals surface area (Å²) in [5, 5.41) is 8.07. The molecular formula is C15H11FN2O3S. The molecule has 0 amide bonds. The van der Waals surface area contributed by atoms with Crippen LogP contribution >= 0.6 is 11.8 Å². The van der Waals surface area contributed by atoms with Crippen molar-refractivity contribution in [2.24, 2.45) is 0 Å². The Labute approximate surface area is 129 Å². The van der Waals surface area contributed by atoms with Crippen LogP contribution in [-0.2, 0) is 0 Å². The van der Waals surface area contributed by atoms with Gasteiger partial charge in [0.05, 0.1) is 17.6 Å². The number of nitrogens with zero attached hydrogens (tertiary/aromatic N) is 2. The van der Waals surface area contributed by atoms with Crippen LogP contribution in [0.5, 0.6) is 0 Å². The third-order valence-electron chi connectivity index (χ3n) is 2.97. The summed E-state index contributed by atoms with van der Waals surface area (Å²) in [6.07, 6.45) is 1.54. The number of aryl methyl sites for hydroxylation is 1. The molecule has 5 nitrogen and oxygen atoms in total. The molecule has 0 unspecified atom stereocenters. The molecule has 3 rings (SSSR count). The molecule has 3 aromatic rings. The predicted molar refractivity (Wildman–Crippen MR) is 78.2 cm³/mol. The first-order valence-corrected chi connectivity index (χ1v) is 7.41. The Balaban J connectivity index is 1.66. The number of hydrogen-bond acceptors (Lipinski definition) is 6. The van der Waals surface area contributed by atoms with Gasteiger partial charge in [-0.15, -0.1) is 10.2 Å². The number of ketones is 1. The summed E-state index contributed by atoms with van der Waals surface area (Å²) in [5.74, 6) is 0.466. The molecule has 0 N–H and O–H groups in total. The van der Waals surface area contributed by atoms with Crippen molar-refractivity contribution in [1.29, 1.82) is 0 Å². The minimum Gasteiger partial charge on any atom is -0.469 e. The molecule has 0 saturated carbocycles. The van der Waals surface area contributed by atoms with Crippen molar-refractivity contribution in [2.45, 2.75) is 12.1 Å². The SMILES string of the molecule is Cc1occc1-c1nnc(SCC(=O)c2cccc(F)c2)o1. The largest absolute Gasteiger partial charge is 0.469 e. The highest BCUT2D eigenvalue weighted by atomic mass is 32.2. The smallest absolute Gasteiger partial charge is 0.277 e. The van der Waals surface area contributed by atoms with Crippen LogP contribution in [0.3, 0.4) is 0 Å². The van der Waals surface area contributed by atoms with Gasteiger partial charge in [-0.2, -0.15) is 0 Å². The Morgan fingerprint density at radius 3 is 2.91 bits per heavy atom. The van der Waals surface area contributed by atoms with E-state index in [1.807, 2.05) is 0 Å². The van der Waals surface area contributed by atoms with E-state index >= 15 is 0 Å². The number of carbonyl (C=O) groups excluding carboxylic acids is 1. The van der Waals surface area contributed by atoms with Gasteiger partial charge in [-0.1, -0.05) is 23.9 Å². The maximum atomic E-state index is 13.1. The number of rotatable bonds is 5. The number of carbonyl (C=O) groups is 1. The lowest BCUT2D eigenvalue weighted by Gasteiger charge is -1.98. The summed E-state index contributed by atoms with van der Waals surface area (Å²) in [6, 6.07) is 7.30. The lowest BCUT2D eigenvalue weighted by molar-refractivity contribution is 0.102. The zero-order valence-corrected chi connectivity index (χ0v) is 12.4. The first-order valence-electron chi connectivity index (χ1n) is 6.43. The van der Waals surface area contributed by atoms with Crippen molar-refractivity contribution in [1.82, 2.24) is 10.2 Å². The summed E-state index contributed by atoms with van der Waals surface area (Å²) < 4.78 is 23.7. The van der Waals surface area contributed by atoms with Crippen molar-refractivity contribution in [3.05, 3.63) is 53.7 Å². The Bertz CT molecular complexity index is 812. The van der Waals surface area contributed by atoms with Gasteiger partial charge < -0.3 is 8.83 Å². The minimum atomic E-state index is -0.439. The number of furan rings is 1. The number of thioether (sulfide) groups is 1. The van der Waals surface area contributed by atoms with E-state index in [1.165, 1.54) is 24.5 Å². The van der Waals surface area contributed by atoms with Gasteiger partial charge in [-0.25, -0.2) is 4.39 Å². The summed E-state index contributed by atoms with van der Waals surface area (Å²) in [7, 11) is 0. The van der Waals surface area contributed by atoms with E-state index in [4.69, 9.17) is 8.83 Å². The van der Waals surface area contributed by atoms with Gasteiger partial charge in [0.2, 0.25) is 0 Å². The summed E-state index contributed by atoms with van der Waals surface area (Å²) in [6.45, 7) is 1.79. The maximum Gasteiger partial charge on any atom is 0.277 e. The lowest BCUT2D eigenvalue weighted by atomic mass is 10.1. The molecule has 2 heterocycles. The number of Topliss-reactive ketones (excluding diaryl/α,β-unsaturated/α-hetero) is 1. The van der Waals surface area contributed by atoms with E-state index in [0.717, 1.165) is 17.3 Å². The zero-order chi connectivity index (χ0) is 15.5. The Hall–Kier alpha value is -2.41. The minimum absolute atomic E-state index is 0.0927. The molecular weight excluding hydrogens is 307 g/mol. The van der Waals surface area contributed by atoms with Crippen LogP contribution in [0.1, 0.15) is 16.1 Å². The molecule has 0 radical (unpaired) electrons. The average Bonchev–Trinajstić information content (AvgIpc) is 3.13. The standard InChI is InChI=1S/C15H11FN2O3S/c1-9-12(5-6-20-9)14-17-18-15(21-14)22-8-13(19)10-3-2-4-11(16)7-10/h2-7H,8H2,1H3. The van der Waals surface area contributed by atoms with Crippen LogP contribution in [0.4, 0.5) is 4.39 Å². The second-order valence-electron chi connectivity index (χ2n) is 4.49. The quantitative estimate of drug-likeness (QED) is 0.527. The van der Waals surface area contributed by atoms with Crippen LogP contribution in [0.25, 0.3) is 11.5 Å². The van der Waals surface area contributed by atoms with E-state index in [1.54, 1.807) is 19.1 Å². The number of benzene rings is 1. The van der Waals surface area contributed by atoms with Crippen LogP contribution < -0.4 is 0 Å². The van der Waals surface area contributed by atoms with E-state index in [2.05, 4.69) is 10.2 Å². The number of halogens is 1. The van der Waals surface area contributed by atoms with Crippen molar-refractivity contribution >= 4 is 17.5 Å². The molecule has 0 saturated heterocycles. The van der Waals surface area contributed by atoms with Crippen LogP contribution in [-0.4, -0.2) is 21.7 Å². The van der Waals surface area contributed by atoms with E-state index in [0.29, 0.717) is 17.2 Å². The van der Waals surface area contributed by atoms with E-state index in [-0.39, 0.29) is 16.8 Å². The number of hydrogen-bond donors (Lipinski definition) is 0. The monoisotopic (exact) mass is 318 g/mol. The predicted octanol–water partition coefficient (Wildman–Crippen LogP) is 3.75. The second kappa shape index (κ2) is 6.15. The van der Waals surface area contributed by atoms with Gasteiger partial charge in [0.15, 0.2) is 5.78 Å². The first kappa shape index (κ1) is 14.5. The zero-order valence-electron chi connectivity index (χ0n) is 11.6. The molecule has 0 spiro atoms. The molecule has 0 aliphatic heterocycles. The van der Waals surface area contributed by atoms with Gasteiger partial charge in [0, 0.05) is 5.56 Å². The van der Waals surface area contributed by atoms with Crippen molar-refractivity contribution in [3.8, 4) is 11.5 Å². The molecule has 7 heteroatoms. The third kappa shape index (κ3) is 3.09. The van der Waals surface area contributed by atoms with Gasteiger partial charge in [0.25, 0.3) is 11.1 Å². The highest BCUT2D eigenvalue weighted by molar-refractivity contribution is 7.99. The van der Waals surface area contributed by atoms with E-state index in [9.17, 15) is 9.18 Å². The van der Waals surface area contributed by atoms with Crippen molar-refractivity contribution < 1.29 is 18.0 Å². The van der Waals surface area contributed by atoms with Crippen LogP contribution in [0.15, 0.2) is 50.7 Å². The van der Waals surface area contributed by atoms with E-state index < -0.39 is 5.82 Å². The Morgan fingerprint density at radius 1 is 1.32 bits per heavy atom. The molecule has 2 aromatic heterocycles. The Morgan fingerprint density at radius 2 is 2.18 bits per heavy atom. The topological polar surface area (TPSA) is 69.1 Å². The maximum absolute atomic E-state index is 13.1. The third-order valence-corrected chi connectivity index (χ3v) is 3.79. The highest BCUT2D eigenvalue weighted by Crippen LogP contribution is 2.26. The normalized spacial score (nSPS) is 10.8. The van der Waals surface area contributed by atoms with Crippen LogP contribution in [0.2, 0.25) is 0 Å². The van der Waals surface area contributed by atoms with Gasteiger partial charge in [0.1, 0.15) is 11.6 Å². The molecule has 22 heavy (non-hydrogen) atoms. The Kier molecular flexibility index (Phi) is 4.06. The summed E-state index contributed by atoms with van der Waals surface area (Å²) in [4.78, 5) is 12.0. The second-order valence-corrected chi connectivity index (χ2v) is 5.41. The van der Waals surface area contributed by atoms with Crippen molar-refractivity contribution in [3.63, 3.8) is 0 Å². The molecule has 1 aromatic carbocycles. The fraction of sp³-hybridized carbons (Fsp3) is 0.133. The molecule has 0 aliphatic rings. The fourth-order valence-corrected chi connectivity index (χ4v) is 2.51. The first-order chi connectivity index (χ1) is 10.6. The molecule has 0 aliphatic carbocycles. The lowest BCUT2D eigenvalue weighted by Crippen LogP contribution is -2.02. The molecule has 112 valence electrons. The summed E-state index contributed by atoms with van der Waals surface area (Å²) in [5.41, 5.74) is 1.04. The summed E-state index contributed by atoms with van der Waals surface area (Å²) >= 11 is 1.11. The molecule has 0 atom stereocenters. The number of aromatic nitrogens is 2.